The lowest BCUT2D eigenvalue weighted by molar-refractivity contribution is 0.160. The van der Waals surface area contributed by atoms with Crippen LogP contribution < -0.4 is 9.47 Å². The molecule has 1 amide bonds. The third kappa shape index (κ3) is 1.81. The zero-order valence-corrected chi connectivity index (χ0v) is 13.0. The number of cyclic esters (lactones) is 1. The molecule has 0 radical (unpaired) electrons. The molecule has 5 nitrogen and oxygen atoms in total. The molecule has 1 fully saturated rings. The fraction of sp³-hybridized carbons (Fsp3) is 0.471. The number of rotatable bonds is 1. The van der Waals surface area contributed by atoms with Gasteiger partial charge in [0.25, 0.3) is 0 Å². The van der Waals surface area contributed by atoms with Gasteiger partial charge >= 0.3 is 6.09 Å². The van der Waals surface area contributed by atoms with Crippen LogP contribution >= 0.6 is 0 Å². The second-order valence-corrected chi connectivity index (χ2v) is 6.72. The number of ether oxygens (including phenoxy) is 3. The first-order valence-corrected chi connectivity index (χ1v) is 7.49. The van der Waals surface area contributed by atoms with Gasteiger partial charge in [0.1, 0.15) is 18.1 Å². The van der Waals surface area contributed by atoms with E-state index in [4.69, 9.17) is 14.2 Å². The van der Waals surface area contributed by atoms with Crippen LogP contribution in [0.5, 0.6) is 11.5 Å². The molecule has 5 heteroatoms. The van der Waals surface area contributed by atoms with Gasteiger partial charge in [-0.05, 0) is 17.7 Å². The maximum Gasteiger partial charge on any atom is 0.410 e. The summed E-state index contributed by atoms with van der Waals surface area (Å²) in [6, 6.07) is 3.77. The Balaban J connectivity index is 1.99. The monoisotopic (exact) mass is 301 g/mol. The summed E-state index contributed by atoms with van der Waals surface area (Å²) in [6.07, 6.45) is 1.95. The Labute approximate surface area is 129 Å². The van der Waals surface area contributed by atoms with Gasteiger partial charge in [-0.25, -0.2) is 4.79 Å². The summed E-state index contributed by atoms with van der Waals surface area (Å²) in [5.74, 6) is 1.65. The van der Waals surface area contributed by atoms with Crippen LogP contribution in [0.15, 0.2) is 18.2 Å². The normalized spacial score (nSPS) is 24.5. The van der Waals surface area contributed by atoms with Crippen LogP contribution in [0.2, 0.25) is 0 Å². The molecule has 1 aromatic rings. The molecule has 3 heterocycles. The fourth-order valence-corrected chi connectivity index (χ4v) is 3.56. The molecule has 3 aliphatic heterocycles. The van der Waals surface area contributed by atoms with Gasteiger partial charge in [-0.15, -0.1) is 0 Å². The Morgan fingerprint density at radius 3 is 2.91 bits per heavy atom. The number of fused-ring (bicyclic) bond motifs is 2. The number of carbonyl (C=O) groups excluding carboxylic acids is 1. The standard InChI is InChI=1S/C17H19NO4/c1-17(2)6-10-7-18-11(8-21-16(18)19)15-12(20-3)4-5-13(14(10)15)22-9-17/h4-6,11H,7-9H2,1-3H3. The van der Waals surface area contributed by atoms with Crippen LogP contribution in [-0.2, 0) is 4.74 Å². The second-order valence-electron chi connectivity index (χ2n) is 6.72. The highest BCUT2D eigenvalue weighted by Crippen LogP contribution is 2.49. The Kier molecular flexibility index (Phi) is 2.71. The second kappa shape index (κ2) is 4.41. The molecule has 116 valence electrons. The molecule has 0 saturated carbocycles. The zero-order chi connectivity index (χ0) is 15.5. The van der Waals surface area contributed by atoms with Crippen LogP contribution in [0.3, 0.4) is 0 Å². The highest BCUT2D eigenvalue weighted by molar-refractivity contribution is 5.84. The number of benzene rings is 1. The lowest BCUT2D eigenvalue weighted by atomic mass is 9.84. The molecule has 1 saturated heterocycles. The van der Waals surface area contributed by atoms with Gasteiger partial charge < -0.3 is 14.2 Å². The molecule has 4 rings (SSSR count). The summed E-state index contributed by atoms with van der Waals surface area (Å²) in [4.78, 5) is 13.8. The van der Waals surface area contributed by atoms with Crippen molar-refractivity contribution in [1.29, 1.82) is 0 Å². The van der Waals surface area contributed by atoms with Gasteiger partial charge in [0.05, 0.1) is 26.3 Å². The number of hydrogen-bond acceptors (Lipinski definition) is 4. The van der Waals surface area contributed by atoms with Gasteiger partial charge in [-0.3, -0.25) is 4.90 Å². The number of hydrogen-bond donors (Lipinski definition) is 0. The molecule has 0 spiro atoms. The van der Waals surface area contributed by atoms with Crippen molar-refractivity contribution in [2.75, 3.05) is 26.9 Å². The van der Waals surface area contributed by atoms with Crippen molar-refractivity contribution in [3.63, 3.8) is 0 Å². The van der Waals surface area contributed by atoms with E-state index >= 15 is 0 Å². The summed E-state index contributed by atoms with van der Waals surface area (Å²) < 4.78 is 16.8. The van der Waals surface area contributed by atoms with Gasteiger partial charge in [0.15, 0.2) is 0 Å². The SMILES string of the molecule is COc1ccc2c3c1C1COC(=O)N1CC3=CC(C)(C)CO2. The summed E-state index contributed by atoms with van der Waals surface area (Å²) in [5, 5.41) is 0. The van der Waals surface area contributed by atoms with Crippen LogP contribution in [0, 0.1) is 5.41 Å². The number of amides is 1. The van der Waals surface area contributed by atoms with Gasteiger partial charge in [-0.1, -0.05) is 19.9 Å². The summed E-state index contributed by atoms with van der Waals surface area (Å²) >= 11 is 0. The number of methoxy groups -OCH3 is 1. The molecule has 0 aliphatic carbocycles. The van der Waals surface area contributed by atoms with E-state index in [1.807, 2.05) is 12.1 Å². The van der Waals surface area contributed by atoms with E-state index in [1.165, 1.54) is 0 Å². The Morgan fingerprint density at radius 2 is 2.14 bits per heavy atom. The van der Waals surface area contributed by atoms with E-state index in [1.54, 1.807) is 12.0 Å². The molecule has 3 aliphatic rings. The van der Waals surface area contributed by atoms with E-state index in [9.17, 15) is 4.79 Å². The average Bonchev–Trinajstić information content (AvgIpc) is 2.79. The van der Waals surface area contributed by atoms with E-state index in [0.29, 0.717) is 19.8 Å². The molecular formula is C17H19NO4. The van der Waals surface area contributed by atoms with Crippen LogP contribution in [-0.4, -0.2) is 37.9 Å². The van der Waals surface area contributed by atoms with Crippen LogP contribution in [0.4, 0.5) is 4.79 Å². The molecule has 1 atom stereocenters. The van der Waals surface area contributed by atoms with E-state index in [0.717, 1.165) is 28.2 Å². The largest absolute Gasteiger partial charge is 0.496 e. The van der Waals surface area contributed by atoms with Crippen molar-refractivity contribution in [3.05, 3.63) is 29.3 Å². The minimum absolute atomic E-state index is 0.0880. The van der Waals surface area contributed by atoms with Crippen LogP contribution in [0.1, 0.15) is 31.0 Å². The molecular weight excluding hydrogens is 282 g/mol. The third-order valence-electron chi connectivity index (χ3n) is 4.52. The van der Waals surface area contributed by atoms with Gasteiger partial charge in [0, 0.05) is 16.5 Å². The van der Waals surface area contributed by atoms with Crippen molar-refractivity contribution in [3.8, 4) is 11.5 Å². The van der Waals surface area contributed by atoms with Crippen molar-refractivity contribution < 1.29 is 19.0 Å². The third-order valence-corrected chi connectivity index (χ3v) is 4.52. The predicted octanol–water partition coefficient (Wildman–Crippen LogP) is 3.00. The van der Waals surface area contributed by atoms with Crippen molar-refractivity contribution in [1.82, 2.24) is 4.90 Å². The van der Waals surface area contributed by atoms with Gasteiger partial charge in [0.2, 0.25) is 0 Å². The number of carbonyl (C=O) groups is 1. The molecule has 1 unspecified atom stereocenters. The highest BCUT2D eigenvalue weighted by atomic mass is 16.6. The summed E-state index contributed by atoms with van der Waals surface area (Å²) in [6.45, 7) is 5.81. The maximum atomic E-state index is 12.0. The molecule has 1 aromatic carbocycles. The van der Waals surface area contributed by atoms with Crippen molar-refractivity contribution in [2.45, 2.75) is 19.9 Å². The van der Waals surface area contributed by atoms with Gasteiger partial charge in [-0.2, -0.15) is 0 Å². The molecule has 22 heavy (non-hydrogen) atoms. The summed E-state index contributed by atoms with van der Waals surface area (Å²) in [5.41, 5.74) is 3.10. The van der Waals surface area contributed by atoms with Crippen molar-refractivity contribution >= 4 is 11.7 Å². The number of nitrogens with zero attached hydrogens (tertiary/aromatic N) is 1. The van der Waals surface area contributed by atoms with E-state index in [2.05, 4.69) is 19.9 Å². The molecule has 0 bridgehead atoms. The minimum Gasteiger partial charge on any atom is -0.496 e. The highest BCUT2D eigenvalue weighted by Gasteiger charge is 2.44. The predicted molar refractivity (Wildman–Crippen MR) is 81.0 cm³/mol. The Morgan fingerprint density at radius 1 is 1.32 bits per heavy atom. The van der Waals surface area contributed by atoms with E-state index < -0.39 is 0 Å². The Hall–Kier alpha value is -2.17. The van der Waals surface area contributed by atoms with E-state index in [-0.39, 0.29) is 17.6 Å². The lowest BCUT2D eigenvalue weighted by Gasteiger charge is -2.32. The Bertz CT molecular complexity index is 692. The quantitative estimate of drug-likeness (QED) is 0.800. The molecule has 0 N–H and O–H groups in total. The lowest BCUT2D eigenvalue weighted by Crippen LogP contribution is -2.34. The minimum atomic E-state index is -0.257. The van der Waals surface area contributed by atoms with Crippen LogP contribution in [0.25, 0.3) is 5.57 Å². The summed E-state index contributed by atoms with van der Waals surface area (Å²) in [7, 11) is 1.65. The topological polar surface area (TPSA) is 48.0 Å². The van der Waals surface area contributed by atoms with Crippen molar-refractivity contribution in [2.24, 2.45) is 5.41 Å². The zero-order valence-electron chi connectivity index (χ0n) is 13.0. The first-order chi connectivity index (χ1) is 10.5. The maximum absolute atomic E-state index is 12.0. The molecule has 0 aromatic heterocycles. The smallest absolute Gasteiger partial charge is 0.410 e. The first-order valence-electron chi connectivity index (χ1n) is 7.49. The fourth-order valence-electron chi connectivity index (χ4n) is 3.56. The average molecular weight is 301 g/mol. The first kappa shape index (κ1) is 13.5.